The average Bonchev–Trinajstić information content (AvgIpc) is 2.67. The molecule has 0 atom stereocenters. The molecule has 1 saturated heterocycles. The van der Waals surface area contributed by atoms with Gasteiger partial charge in [-0.3, -0.25) is 14.5 Å². The van der Waals surface area contributed by atoms with Crippen LogP contribution in [0.4, 0.5) is 4.79 Å². The number of methoxy groups -OCH3 is 1. The Bertz CT molecular complexity index is 588. The van der Waals surface area contributed by atoms with Crippen LogP contribution in [-0.2, 0) is 9.53 Å². The monoisotopic (exact) mass is 357 g/mol. The highest BCUT2D eigenvalue weighted by atomic mass is 79.9. The summed E-state index contributed by atoms with van der Waals surface area (Å²) in [7, 11) is 1.51. The number of halogens is 1. The Morgan fingerprint density at radius 2 is 2.20 bits per heavy atom. The van der Waals surface area contributed by atoms with Crippen LogP contribution in [0.15, 0.2) is 27.6 Å². The highest BCUT2D eigenvalue weighted by Crippen LogP contribution is 2.34. The maximum Gasteiger partial charge on any atom is 0.293 e. The molecule has 0 aromatic heterocycles. The second-order valence-corrected chi connectivity index (χ2v) is 5.94. The molecule has 0 unspecified atom stereocenters. The Morgan fingerprint density at radius 1 is 1.45 bits per heavy atom. The number of ether oxygens (including phenoxy) is 1. The van der Waals surface area contributed by atoms with Gasteiger partial charge in [0.15, 0.2) is 0 Å². The van der Waals surface area contributed by atoms with Crippen molar-refractivity contribution in [3.8, 4) is 5.75 Å². The lowest BCUT2D eigenvalue weighted by atomic mass is 10.2. The molecule has 0 aliphatic carbocycles. The zero-order valence-electron chi connectivity index (χ0n) is 10.6. The molecule has 20 heavy (non-hydrogen) atoms. The number of phenols is 1. The molecule has 1 N–H and O–H groups in total. The summed E-state index contributed by atoms with van der Waals surface area (Å²) in [5.41, 5.74) is 0.483. The van der Waals surface area contributed by atoms with Gasteiger partial charge in [-0.1, -0.05) is 15.9 Å². The van der Waals surface area contributed by atoms with Crippen molar-refractivity contribution in [2.24, 2.45) is 0 Å². The van der Waals surface area contributed by atoms with E-state index in [0.717, 1.165) is 21.1 Å². The molecular formula is C13H12BrNO4S. The van der Waals surface area contributed by atoms with Gasteiger partial charge >= 0.3 is 0 Å². The first-order valence-electron chi connectivity index (χ1n) is 5.75. The fraction of sp³-hybridized carbons (Fsp3) is 0.231. The minimum absolute atomic E-state index is 0.0527. The maximum atomic E-state index is 12.1. The zero-order valence-corrected chi connectivity index (χ0v) is 13.0. The number of carbonyl (C=O) groups is 2. The van der Waals surface area contributed by atoms with Gasteiger partial charge in [0.25, 0.3) is 11.1 Å². The molecule has 1 aliphatic rings. The van der Waals surface area contributed by atoms with E-state index in [0.29, 0.717) is 17.1 Å². The summed E-state index contributed by atoms with van der Waals surface area (Å²) in [5, 5.41) is 9.42. The molecule has 2 rings (SSSR count). The number of hydrogen-bond acceptors (Lipinski definition) is 5. The van der Waals surface area contributed by atoms with Crippen molar-refractivity contribution in [2.45, 2.75) is 0 Å². The zero-order chi connectivity index (χ0) is 14.7. The van der Waals surface area contributed by atoms with Crippen LogP contribution in [0.3, 0.4) is 0 Å². The SMILES string of the molecule is COCCN1C(=O)S/C(=C/c2cc(Br)ccc2O)C1=O. The van der Waals surface area contributed by atoms with E-state index in [1.807, 2.05) is 0 Å². The van der Waals surface area contributed by atoms with Crippen LogP contribution in [0.25, 0.3) is 6.08 Å². The molecule has 106 valence electrons. The van der Waals surface area contributed by atoms with Crippen LogP contribution in [0, 0.1) is 0 Å². The number of nitrogens with zero attached hydrogens (tertiary/aromatic N) is 1. The number of benzene rings is 1. The molecule has 5 nitrogen and oxygen atoms in total. The van der Waals surface area contributed by atoms with Crippen molar-refractivity contribution >= 4 is 44.9 Å². The van der Waals surface area contributed by atoms with E-state index in [-0.39, 0.29) is 23.4 Å². The van der Waals surface area contributed by atoms with Gasteiger partial charge in [0.2, 0.25) is 0 Å². The molecule has 7 heteroatoms. The molecular weight excluding hydrogens is 346 g/mol. The van der Waals surface area contributed by atoms with Crippen molar-refractivity contribution in [1.29, 1.82) is 0 Å². The third-order valence-corrected chi connectivity index (χ3v) is 4.07. The maximum absolute atomic E-state index is 12.1. The van der Waals surface area contributed by atoms with Crippen LogP contribution in [0.5, 0.6) is 5.75 Å². The van der Waals surface area contributed by atoms with Crippen molar-refractivity contribution < 1.29 is 19.4 Å². The Morgan fingerprint density at radius 3 is 2.90 bits per heavy atom. The van der Waals surface area contributed by atoms with E-state index in [4.69, 9.17) is 4.74 Å². The average molecular weight is 358 g/mol. The second-order valence-electron chi connectivity index (χ2n) is 4.03. The molecule has 0 radical (unpaired) electrons. The Kier molecular flexibility index (Phi) is 4.85. The Balaban J connectivity index is 2.25. The lowest BCUT2D eigenvalue weighted by molar-refractivity contribution is -0.123. The number of thioether (sulfide) groups is 1. The summed E-state index contributed by atoms with van der Waals surface area (Å²) in [6, 6.07) is 4.89. The molecule has 0 bridgehead atoms. The van der Waals surface area contributed by atoms with Gasteiger partial charge in [0, 0.05) is 17.1 Å². The minimum atomic E-state index is -0.364. The third kappa shape index (κ3) is 3.23. The molecule has 0 saturated carbocycles. The van der Waals surface area contributed by atoms with Gasteiger partial charge in [-0.2, -0.15) is 0 Å². The van der Waals surface area contributed by atoms with E-state index in [9.17, 15) is 14.7 Å². The van der Waals surface area contributed by atoms with Crippen LogP contribution in [-0.4, -0.2) is 41.4 Å². The number of phenolic OH excluding ortho intramolecular Hbond substituents is 1. The van der Waals surface area contributed by atoms with E-state index >= 15 is 0 Å². The second kappa shape index (κ2) is 6.43. The molecule has 1 aromatic rings. The van der Waals surface area contributed by atoms with Crippen LogP contribution >= 0.6 is 27.7 Å². The van der Waals surface area contributed by atoms with Crippen LogP contribution < -0.4 is 0 Å². The quantitative estimate of drug-likeness (QED) is 0.839. The van der Waals surface area contributed by atoms with Crippen molar-refractivity contribution in [2.75, 3.05) is 20.3 Å². The summed E-state index contributed by atoms with van der Waals surface area (Å²) >= 11 is 4.15. The normalized spacial score (nSPS) is 17.3. The number of aromatic hydroxyl groups is 1. The molecule has 1 aliphatic heterocycles. The van der Waals surface area contributed by atoms with Gasteiger partial charge in [0.05, 0.1) is 18.1 Å². The van der Waals surface area contributed by atoms with E-state index in [2.05, 4.69) is 15.9 Å². The molecule has 0 spiro atoms. The standard InChI is InChI=1S/C13H12BrNO4S/c1-19-5-4-15-12(17)11(20-13(15)18)7-8-6-9(14)2-3-10(8)16/h2-3,6-7,16H,4-5H2,1H3/b11-7+. The highest BCUT2D eigenvalue weighted by Gasteiger charge is 2.34. The first kappa shape index (κ1) is 15.1. The first-order valence-corrected chi connectivity index (χ1v) is 7.36. The summed E-state index contributed by atoms with van der Waals surface area (Å²) in [4.78, 5) is 25.3. The molecule has 1 heterocycles. The number of amides is 2. The molecule has 1 aromatic carbocycles. The number of carbonyl (C=O) groups excluding carboxylic acids is 2. The van der Waals surface area contributed by atoms with Crippen molar-refractivity contribution in [3.63, 3.8) is 0 Å². The fourth-order valence-electron chi connectivity index (χ4n) is 1.66. The topological polar surface area (TPSA) is 66.8 Å². The first-order chi connectivity index (χ1) is 9.52. The number of imide groups is 1. The largest absolute Gasteiger partial charge is 0.507 e. The van der Waals surface area contributed by atoms with Gasteiger partial charge in [-0.15, -0.1) is 0 Å². The van der Waals surface area contributed by atoms with Crippen molar-refractivity contribution in [1.82, 2.24) is 4.90 Å². The van der Waals surface area contributed by atoms with E-state index in [1.54, 1.807) is 12.1 Å². The highest BCUT2D eigenvalue weighted by molar-refractivity contribution is 9.10. The third-order valence-electron chi connectivity index (χ3n) is 2.67. The lowest BCUT2D eigenvalue weighted by Gasteiger charge is -2.10. The molecule has 2 amide bonds. The fourth-order valence-corrected chi connectivity index (χ4v) is 2.89. The smallest absolute Gasteiger partial charge is 0.293 e. The predicted octanol–water partition coefficient (Wildman–Crippen LogP) is 2.84. The van der Waals surface area contributed by atoms with Gasteiger partial charge in [-0.05, 0) is 36.0 Å². The number of rotatable bonds is 4. The summed E-state index contributed by atoms with van der Waals surface area (Å²) in [5.74, 6) is -0.312. The summed E-state index contributed by atoms with van der Waals surface area (Å²) < 4.78 is 5.65. The van der Waals surface area contributed by atoms with Crippen molar-refractivity contribution in [3.05, 3.63) is 33.1 Å². The van der Waals surface area contributed by atoms with E-state index < -0.39 is 0 Å². The van der Waals surface area contributed by atoms with Gasteiger partial charge in [-0.25, -0.2) is 0 Å². The van der Waals surface area contributed by atoms with Crippen LogP contribution in [0.1, 0.15) is 5.56 Å². The summed E-state index contributed by atoms with van der Waals surface area (Å²) in [6.45, 7) is 0.524. The lowest BCUT2D eigenvalue weighted by Crippen LogP contribution is -2.31. The molecule has 1 fully saturated rings. The Labute approximate surface area is 128 Å². The van der Waals surface area contributed by atoms with Gasteiger partial charge in [0.1, 0.15) is 5.75 Å². The van der Waals surface area contributed by atoms with E-state index in [1.165, 1.54) is 19.3 Å². The van der Waals surface area contributed by atoms with Crippen LogP contribution in [0.2, 0.25) is 0 Å². The summed E-state index contributed by atoms with van der Waals surface area (Å²) in [6.07, 6.45) is 1.51. The van der Waals surface area contributed by atoms with Gasteiger partial charge < -0.3 is 9.84 Å². The minimum Gasteiger partial charge on any atom is -0.507 e. The number of hydrogen-bond donors (Lipinski definition) is 1. The predicted molar refractivity (Wildman–Crippen MR) is 80.4 cm³/mol. The Hall–Kier alpha value is -1.31.